The first-order valence-electron chi connectivity index (χ1n) is 5.44. The molecule has 0 spiro atoms. The molecule has 0 unspecified atom stereocenters. The number of ether oxygens (including phenoxy) is 1. The van der Waals surface area contributed by atoms with Crippen molar-refractivity contribution in [1.29, 1.82) is 0 Å². The van der Waals surface area contributed by atoms with E-state index < -0.39 is 17.5 Å². The Balaban J connectivity index is 2.08. The van der Waals surface area contributed by atoms with Crippen molar-refractivity contribution in [3.8, 4) is 0 Å². The minimum Gasteiger partial charge on any atom is -0.431 e. The van der Waals surface area contributed by atoms with Gasteiger partial charge in [-0.1, -0.05) is 0 Å². The summed E-state index contributed by atoms with van der Waals surface area (Å²) in [7, 11) is 0. The average molecular weight is 332 g/mol. The lowest BCUT2D eigenvalue weighted by Crippen LogP contribution is -2.32. The van der Waals surface area contributed by atoms with E-state index in [2.05, 4.69) is 35.9 Å². The summed E-state index contributed by atoms with van der Waals surface area (Å²) in [6, 6.07) is 0. The summed E-state index contributed by atoms with van der Waals surface area (Å²) in [5.74, 6) is 0. The highest BCUT2D eigenvalue weighted by Gasteiger charge is 2.28. The molecule has 10 heteroatoms. The number of hydrogen-bond acceptors (Lipinski definition) is 5. The van der Waals surface area contributed by atoms with Gasteiger partial charge in [0.25, 0.3) is 5.56 Å². The molecule has 9 nitrogen and oxygen atoms in total. The Morgan fingerprint density at radius 2 is 2.42 bits per heavy atom. The summed E-state index contributed by atoms with van der Waals surface area (Å²) in [5, 5.41) is 2.95. The molecule has 19 heavy (non-hydrogen) atoms. The highest BCUT2D eigenvalue weighted by Crippen LogP contribution is 2.27. The molecule has 1 N–H and O–H groups in total. The molecule has 1 saturated heterocycles. The van der Waals surface area contributed by atoms with Crippen LogP contribution in [0.3, 0.4) is 0 Å². The molecule has 102 valence electrons. The summed E-state index contributed by atoms with van der Waals surface area (Å²) in [6.07, 6.45) is 1.92. The number of nitrogens with zero attached hydrogens (tertiary/aromatic N) is 4. The van der Waals surface area contributed by atoms with Gasteiger partial charge in [-0.25, -0.2) is 4.79 Å². The molecule has 0 aliphatic carbocycles. The number of halogens is 1. The van der Waals surface area contributed by atoms with Gasteiger partial charge in [0, 0.05) is 11.1 Å². The summed E-state index contributed by atoms with van der Waals surface area (Å²) in [5.41, 5.74) is 7.05. The van der Waals surface area contributed by atoms with E-state index in [9.17, 15) is 9.59 Å². The van der Waals surface area contributed by atoms with Gasteiger partial charge in [0.05, 0.1) is 10.6 Å². The third-order valence-electron chi connectivity index (χ3n) is 2.67. The van der Waals surface area contributed by atoms with Gasteiger partial charge >= 0.3 is 5.69 Å². The quantitative estimate of drug-likeness (QED) is 0.385. The zero-order chi connectivity index (χ0) is 13.8. The van der Waals surface area contributed by atoms with E-state index in [1.165, 1.54) is 10.8 Å². The van der Waals surface area contributed by atoms with Crippen LogP contribution in [-0.4, -0.2) is 22.3 Å². The van der Waals surface area contributed by atoms with E-state index in [0.29, 0.717) is 12.8 Å². The SMILES string of the molecule is [N-]=[N+]=NOC[C@@H]1CC[C@H](n2cc(Br)c(=O)[nH]c2=O)O1. The molecule has 2 atom stereocenters. The number of nitrogens with one attached hydrogen (secondary N) is 1. The molecule has 2 heterocycles. The number of aromatic amines is 1. The number of rotatable bonds is 4. The Labute approximate surface area is 114 Å². The predicted molar refractivity (Wildman–Crippen MR) is 67.3 cm³/mol. The van der Waals surface area contributed by atoms with E-state index in [1.54, 1.807) is 0 Å². The minimum atomic E-state index is -0.533. The van der Waals surface area contributed by atoms with Crippen LogP contribution in [0.15, 0.2) is 25.5 Å². The molecular formula is C9H10BrN5O4. The second-order valence-corrected chi connectivity index (χ2v) is 4.75. The number of H-pyrrole nitrogens is 1. The summed E-state index contributed by atoms with van der Waals surface area (Å²) < 4.78 is 7.14. The van der Waals surface area contributed by atoms with Gasteiger partial charge in [-0.2, -0.15) is 0 Å². The topological polar surface area (TPSA) is 122 Å². The second-order valence-electron chi connectivity index (χ2n) is 3.90. The maximum absolute atomic E-state index is 11.7. The van der Waals surface area contributed by atoms with E-state index >= 15 is 0 Å². The van der Waals surface area contributed by atoms with Crippen LogP contribution >= 0.6 is 15.9 Å². The van der Waals surface area contributed by atoms with Crippen molar-refractivity contribution >= 4 is 15.9 Å². The Bertz CT molecular complexity index is 620. The van der Waals surface area contributed by atoms with Crippen LogP contribution in [0.2, 0.25) is 0 Å². The van der Waals surface area contributed by atoms with E-state index in [1.807, 2.05) is 0 Å². The normalized spacial score (nSPS) is 21.9. The van der Waals surface area contributed by atoms with Crippen LogP contribution in [-0.2, 0) is 9.57 Å². The Morgan fingerprint density at radius 3 is 3.16 bits per heavy atom. The molecule has 0 aromatic carbocycles. The summed E-state index contributed by atoms with van der Waals surface area (Å²) in [6.45, 7) is 0.125. The molecule has 1 aromatic heterocycles. The molecule has 0 bridgehead atoms. The fourth-order valence-electron chi connectivity index (χ4n) is 1.83. The monoisotopic (exact) mass is 331 g/mol. The van der Waals surface area contributed by atoms with E-state index in [4.69, 9.17) is 10.3 Å². The van der Waals surface area contributed by atoms with Crippen molar-refractivity contribution in [1.82, 2.24) is 9.55 Å². The van der Waals surface area contributed by atoms with Crippen molar-refractivity contribution in [2.24, 2.45) is 5.28 Å². The van der Waals surface area contributed by atoms with E-state index in [0.717, 1.165) is 0 Å². The summed E-state index contributed by atoms with van der Waals surface area (Å²) >= 11 is 3.05. The Morgan fingerprint density at radius 1 is 1.63 bits per heavy atom. The lowest BCUT2D eigenvalue weighted by Gasteiger charge is -2.15. The van der Waals surface area contributed by atoms with Crippen LogP contribution < -0.4 is 11.2 Å². The van der Waals surface area contributed by atoms with Gasteiger partial charge < -0.3 is 9.57 Å². The van der Waals surface area contributed by atoms with Crippen molar-refractivity contribution in [3.63, 3.8) is 0 Å². The zero-order valence-corrected chi connectivity index (χ0v) is 11.2. The molecule has 0 amide bonds. The van der Waals surface area contributed by atoms with Crippen molar-refractivity contribution in [3.05, 3.63) is 42.0 Å². The van der Waals surface area contributed by atoms with Crippen LogP contribution in [0.25, 0.3) is 10.4 Å². The van der Waals surface area contributed by atoms with Crippen molar-refractivity contribution < 1.29 is 9.57 Å². The molecule has 1 fully saturated rings. The van der Waals surface area contributed by atoms with Crippen molar-refractivity contribution in [2.45, 2.75) is 25.2 Å². The zero-order valence-electron chi connectivity index (χ0n) is 9.65. The van der Waals surface area contributed by atoms with E-state index in [-0.39, 0.29) is 17.2 Å². The van der Waals surface area contributed by atoms with Crippen LogP contribution in [0.1, 0.15) is 19.1 Å². The fourth-order valence-corrected chi connectivity index (χ4v) is 2.15. The van der Waals surface area contributed by atoms with Gasteiger partial charge in [0.1, 0.15) is 18.1 Å². The average Bonchev–Trinajstić information content (AvgIpc) is 2.83. The third kappa shape index (κ3) is 3.16. The smallest absolute Gasteiger partial charge is 0.330 e. The van der Waals surface area contributed by atoms with Crippen molar-refractivity contribution in [2.75, 3.05) is 6.61 Å². The van der Waals surface area contributed by atoms with Crippen LogP contribution in [0, 0.1) is 0 Å². The number of azide groups is 1. The van der Waals surface area contributed by atoms with Gasteiger partial charge in [0.15, 0.2) is 0 Å². The lowest BCUT2D eigenvalue weighted by atomic mass is 10.2. The maximum atomic E-state index is 11.7. The Kier molecular flexibility index (Phi) is 4.25. The maximum Gasteiger partial charge on any atom is 0.330 e. The summed E-state index contributed by atoms with van der Waals surface area (Å²) in [4.78, 5) is 32.2. The molecule has 2 rings (SSSR count). The van der Waals surface area contributed by atoms with Gasteiger partial charge in [0.2, 0.25) is 0 Å². The first-order valence-corrected chi connectivity index (χ1v) is 6.24. The van der Waals surface area contributed by atoms with Crippen LogP contribution in [0.4, 0.5) is 0 Å². The highest BCUT2D eigenvalue weighted by molar-refractivity contribution is 9.10. The van der Waals surface area contributed by atoms with Gasteiger partial charge in [-0.3, -0.25) is 14.3 Å². The molecule has 1 aliphatic rings. The fraction of sp³-hybridized carbons (Fsp3) is 0.556. The lowest BCUT2D eigenvalue weighted by molar-refractivity contribution is -0.0431. The van der Waals surface area contributed by atoms with Gasteiger partial charge in [-0.15, -0.1) is 0 Å². The number of aromatic nitrogens is 2. The third-order valence-corrected chi connectivity index (χ3v) is 3.24. The Hall–Kier alpha value is -1.77. The molecule has 1 aromatic rings. The number of hydrogen-bond donors (Lipinski definition) is 1. The van der Waals surface area contributed by atoms with Crippen LogP contribution in [0.5, 0.6) is 0 Å². The first kappa shape index (κ1) is 13.7. The molecule has 0 radical (unpaired) electrons. The predicted octanol–water partition coefficient (Wildman–Crippen LogP) is 1.22. The second kappa shape index (κ2) is 5.91. The first-order chi connectivity index (χ1) is 9.11. The molecular weight excluding hydrogens is 322 g/mol. The minimum absolute atomic E-state index is 0.125. The standard InChI is InChI=1S/C9H10BrN5O4/c10-6-3-15(9(17)12-8(6)16)7-2-1-5(19-7)4-18-14-13-11/h3,5,7H,1-2,4H2,(H,12,16,17)/t5-,7+/m0/s1. The molecule has 0 saturated carbocycles. The largest absolute Gasteiger partial charge is 0.431 e. The van der Waals surface area contributed by atoms with Gasteiger partial charge in [-0.05, 0) is 34.3 Å². The highest BCUT2D eigenvalue weighted by atomic mass is 79.9. The molecule has 1 aliphatic heterocycles.